The molecule has 0 atom stereocenters. The molecule has 0 unspecified atom stereocenters. The highest BCUT2D eigenvalue weighted by Crippen LogP contribution is 2.22. The fourth-order valence-corrected chi connectivity index (χ4v) is 2.66. The Kier molecular flexibility index (Phi) is 5.12. The summed E-state index contributed by atoms with van der Waals surface area (Å²) >= 11 is 0. The molecule has 0 saturated heterocycles. The van der Waals surface area contributed by atoms with Crippen LogP contribution in [0.1, 0.15) is 21.5 Å². The lowest BCUT2D eigenvalue weighted by Crippen LogP contribution is -2.14. The smallest absolute Gasteiger partial charge is 0.257 e. The first-order valence-electron chi connectivity index (χ1n) is 8.08. The average Bonchev–Trinajstić information content (AvgIpc) is 2.61. The fraction of sp³-hybridized carbons (Fsp3) is 0.100. The molecule has 0 aliphatic heterocycles. The molecule has 138 valence electrons. The molecule has 7 heteroatoms. The number of carbonyl (C=O) groups is 1. The van der Waals surface area contributed by atoms with Gasteiger partial charge in [0.25, 0.3) is 5.91 Å². The third kappa shape index (κ3) is 4.25. The Labute approximate surface area is 154 Å². The van der Waals surface area contributed by atoms with Gasteiger partial charge in [-0.1, -0.05) is 6.07 Å². The van der Waals surface area contributed by atoms with Crippen LogP contribution >= 0.6 is 0 Å². The highest BCUT2D eigenvalue weighted by molar-refractivity contribution is 6.04. The van der Waals surface area contributed by atoms with Gasteiger partial charge in [-0.3, -0.25) is 9.78 Å². The lowest BCUT2D eigenvalue weighted by molar-refractivity contribution is 0.102. The maximum Gasteiger partial charge on any atom is 0.257 e. The molecule has 4 nitrogen and oxygen atoms in total. The van der Waals surface area contributed by atoms with Gasteiger partial charge >= 0.3 is 0 Å². The molecular formula is C20H16F3N3O. The summed E-state index contributed by atoms with van der Waals surface area (Å²) in [7, 11) is 0. The van der Waals surface area contributed by atoms with Crippen molar-refractivity contribution in [2.45, 2.75) is 13.8 Å². The maximum absolute atomic E-state index is 13.7. The highest BCUT2D eigenvalue weighted by Gasteiger charge is 2.16. The molecule has 1 heterocycles. The van der Waals surface area contributed by atoms with Crippen molar-refractivity contribution in [3.8, 4) is 0 Å². The molecular weight excluding hydrogens is 355 g/mol. The minimum Gasteiger partial charge on any atom is -0.354 e. The summed E-state index contributed by atoms with van der Waals surface area (Å²) in [5.41, 5.74) is 3.22. The predicted octanol–water partition coefficient (Wildman–Crippen LogP) is 5.11. The van der Waals surface area contributed by atoms with Crippen LogP contribution in [0, 0.1) is 31.3 Å². The summed E-state index contributed by atoms with van der Waals surface area (Å²) in [6, 6.07) is 9.13. The van der Waals surface area contributed by atoms with Crippen LogP contribution in [-0.2, 0) is 0 Å². The van der Waals surface area contributed by atoms with E-state index in [9.17, 15) is 18.0 Å². The summed E-state index contributed by atoms with van der Waals surface area (Å²) in [6.45, 7) is 3.94. The minimum atomic E-state index is -1.64. The second-order valence-electron chi connectivity index (χ2n) is 6.14. The molecule has 0 radical (unpaired) electrons. The SMILES string of the molecule is Cc1cc(C)cc(Nc2cncc(C(=O)Nc3ccc(F)c(F)c3F)c2)c1. The Bertz CT molecular complexity index is 1000. The van der Waals surface area contributed by atoms with Crippen LogP contribution in [0.15, 0.2) is 48.8 Å². The summed E-state index contributed by atoms with van der Waals surface area (Å²) < 4.78 is 40.0. The van der Waals surface area contributed by atoms with E-state index in [1.807, 2.05) is 32.0 Å². The van der Waals surface area contributed by atoms with E-state index < -0.39 is 29.0 Å². The van der Waals surface area contributed by atoms with Crippen molar-refractivity contribution in [2.75, 3.05) is 10.6 Å². The van der Waals surface area contributed by atoms with E-state index in [2.05, 4.69) is 15.6 Å². The molecule has 0 aliphatic carbocycles. The Morgan fingerprint density at radius 3 is 2.30 bits per heavy atom. The standard InChI is InChI=1S/C20H16F3N3O/c1-11-5-12(2)7-14(6-11)25-15-8-13(9-24-10-15)20(27)26-17-4-3-16(21)18(22)19(17)23/h3-10,25H,1-2H3,(H,26,27). The van der Waals surface area contributed by atoms with Crippen molar-refractivity contribution in [1.29, 1.82) is 0 Å². The predicted molar refractivity (Wildman–Crippen MR) is 97.7 cm³/mol. The second-order valence-corrected chi connectivity index (χ2v) is 6.14. The summed E-state index contributed by atoms with van der Waals surface area (Å²) in [5, 5.41) is 5.36. The van der Waals surface area contributed by atoms with E-state index in [-0.39, 0.29) is 5.56 Å². The number of aryl methyl sites for hydroxylation is 2. The number of hydrogen-bond donors (Lipinski definition) is 2. The largest absolute Gasteiger partial charge is 0.354 e. The van der Waals surface area contributed by atoms with E-state index in [1.54, 1.807) is 0 Å². The molecule has 0 aliphatic rings. The Balaban J connectivity index is 1.80. The van der Waals surface area contributed by atoms with Gasteiger partial charge in [-0.2, -0.15) is 0 Å². The normalized spacial score (nSPS) is 10.6. The van der Waals surface area contributed by atoms with Gasteiger partial charge in [0.1, 0.15) is 0 Å². The second kappa shape index (κ2) is 7.49. The number of aromatic nitrogens is 1. The van der Waals surface area contributed by atoms with Crippen molar-refractivity contribution < 1.29 is 18.0 Å². The summed E-state index contributed by atoms with van der Waals surface area (Å²) in [4.78, 5) is 16.3. The minimum absolute atomic E-state index is 0.133. The van der Waals surface area contributed by atoms with E-state index in [1.165, 1.54) is 18.5 Å². The topological polar surface area (TPSA) is 54.0 Å². The van der Waals surface area contributed by atoms with E-state index >= 15 is 0 Å². The van der Waals surface area contributed by atoms with Crippen LogP contribution in [0.25, 0.3) is 0 Å². The summed E-state index contributed by atoms with van der Waals surface area (Å²) in [5.74, 6) is -5.12. The number of amides is 1. The number of halogens is 3. The quantitative estimate of drug-likeness (QED) is 0.627. The first kappa shape index (κ1) is 18.4. The first-order valence-corrected chi connectivity index (χ1v) is 8.08. The van der Waals surface area contributed by atoms with Crippen LogP contribution < -0.4 is 10.6 Å². The van der Waals surface area contributed by atoms with Gasteiger partial charge in [-0.05, 0) is 55.3 Å². The zero-order valence-corrected chi connectivity index (χ0v) is 14.6. The van der Waals surface area contributed by atoms with Gasteiger partial charge in [0.15, 0.2) is 17.5 Å². The van der Waals surface area contributed by atoms with Crippen LogP contribution in [0.3, 0.4) is 0 Å². The molecule has 0 saturated carbocycles. The van der Waals surface area contributed by atoms with Crippen molar-refractivity contribution in [3.63, 3.8) is 0 Å². The maximum atomic E-state index is 13.7. The Morgan fingerprint density at radius 1 is 0.889 bits per heavy atom. The highest BCUT2D eigenvalue weighted by atomic mass is 19.2. The fourth-order valence-electron chi connectivity index (χ4n) is 2.66. The molecule has 27 heavy (non-hydrogen) atoms. The molecule has 0 bridgehead atoms. The van der Waals surface area contributed by atoms with Crippen LogP contribution in [0.5, 0.6) is 0 Å². The zero-order valence-electron chi connectivity index (χ0n) is 14.6. The molecule has 2 aromatic carbocycles. The lowest BCUT2D eigenvalue weighted by atomic mass is 10.1. The van der Waals surface area contributed by atoms with Crippen LogP contribution in [0.4, 0.5) is 30.2 Å². The van der Waals surface area contributed by atoms with Gasteiger partial charge in [0, 0.05) is 11.9 Å². The number of anilines is 3. The number of pyridine rings is 1. The molecule has 1 aromatic heterocycles. The van der Waals surface area contributed by atoms with Crippen LogP contribution in [0.2, 0.25) is 0 Å². The van der Waals surface area contributed by atoms with Gasteiger partial charge in [-0.15, -0.1) is 0 Å². The number of nitrogens with zero attached hydrogens (tertiary/aromatic N) is 1. The number of rotatable bonds is 4. The Hall–Kier alpha value is -3.35. The molecule has 3 aromatic rings. The average molecular weight is 371 g/mol. The van der Waals surface area contributed by atoms with Crippen molar-refractivity contribution in [1.82, 2.24) is 4.98 Å². The monoisotopic (exact) mass is 371 g/mol. The summed E-state index contributed by atoms with van der Waals surface area (Å²) in [6.07, 6.45) is 2.83. The number of benzene rings is 2. The van der Waals surface area contributed by atoms with Gasteiger partial charge in [0.05, 0.1) is 23.1 Å². The zero-order chi connectivity index (χ0) is 19.6. The van der Waals surface area contributed by atoms with Crippen molar-refractivity contribution >= 4 is 23.0 Å². The Morgan fingerprint density at radius 2 is 1.59 bits per heavy atom. The number of carbonyl (C=O) groups excluding carboxylic acids is 1. The molecule has 1 amide bonds. The van der Waals surface area contributed by atoms with Crippen molar-refractivity contribution in [2.24, 2.45) is 0 Å². The lowest BCUT2D eigenvalue weighted by Gasteiger charge is -2.11. The first-order chi connectivity index (χ1) is 12.8. The third-order valence-corrected chi connectivity index (χ3v) is 3.79. The molecule has 3 rings (SSSR count). The van der Waals surface area contributed by atoms with Gasteiger partial charge in [0.2, 0.25) is 0 Å². The third-order valence-electron chi connectivity index (χ3n) is 3.79. The van der Waals surface area contributed by atoms with Gasteiger partial charge in [-0.25, -0.2) is 13.2 Å². The van der Waals surface area contributed by atoms with Crippen molar-refractivity contribution in [3.05, 3.63) is 82.9 Å². The number of hydrogen-bond acceptors (Lipinski definition) is 3. The van der Waals surface area contributed by atoms with E-state index in [0.29, 0.717) is 5.69 Å². The molecule has 0 fully saturated rings. The molecule has 0 spiro atoms. The molecule has 2 N–H and O–H groups in total. The van der Waals surface area contributed by atoms with E-state index in [4.69, 9.17) is 0 Å². The van der Waals surface area contributed by atoms with E-state index in [0.717, 1.165) is 28.9 Å². The van der Waals surface area contributed by atoms with Gasteiger partial charge < -0.3 is 10.6 Å². The van der Waals surface area contributed by atoms with Crippen LogP contribution in [-0.4, -0.2) is 10.9 Å². The number of nitrogens with one attached hydrogen (secondary N) is 2.